The second-order valence-electron chi connectivity index (χ2n) is 1.38. The van der Waals surface area contributed by atoms with Gasteiger partial charge in [0.15, 0.2) is 0 Å². The van der Waals surface area contributed by atoms with Gasteiger partial charge in [0.25, 0.3) is 0 Å². The highest BCUT2D eigenvalue weighted by Crippen LogP contribution is 1.84. The summed E-state index contributed by atoms with van der Waals surface area (Å²) in [6.07, 6.45) is -0.252. The number of hydrogen-bond acceptors (Lipinski definition) is 4. The Morgan fingerprint density at radius 3 is 2.78 bits per heavy atom. The number of methoxy groups -OCH3 is 1. The molecule has 0 saturated heterocycles. The van der Waals surface area contributed by atoms with Gasteiger partial charge in [-0.15, -0.1) is 0 Å². The van der Waals surface area contributed by atoms with Gasteiger partial charge in [-0.1, -0.05) is 0 Å². The van der Waals surface area contributed by atoms with Crippen LogP contribution in [-0.2, 0) is 9.47 Å². The quantitative estimate of drug-likeness (QED) is 0.441. The molecule has 0 aliphatic rings. The third-order valence-corrected chi connectivity index (χ3v) is 0.689. The predicted octanol–water partition coefficient (Wildman–Crippen LogP) is 0.152. The van der Waals surface area contributed by atoms with Crippen LogP contribution in [0.15, 0.2) is 0 Å². The molecular weight excluding hydrogens is 124 g/mol. The van der Waals surface area contributed by atoms with Crippen molar-refractivity contribution in [2.24, 2.45) is 0 Å². The van der Waals surface area contributed by atoms with Crippen molar-refractivity contribution in [2.45, 2.75) is 6.42 Å². The van der Waals surface area contributed by atoms with Gasteiger partial charge in [0, 0.05) is 13.0 Å². The lowest BCUT2D eigenvalue weighted by molar-refractivity contribution is 0.0678. The summed E-state index contributed by atoms with van der Waals surface area (Å²) in [5.74, 6) is 0. The monoisotopic (exact) mass is 134 g/mol. The highest BCUT2D eigenvalue weighted by atomic mass is 16.7. The minimum atomic E-state index is -0.705. The SMILES string of the molecule is COC(=O)OCCCO. The lowest BCUT2D eigenvalue weighted by atomic mass is 10.5. The molecule has 0 radical (unpaired) electrons. The summed E-state index contributed by atoms with van der Waals surface area (Å²) in [5, 5.41) is 8.22. The number of hydrogen-bond donors (Lipinski definition) is 1. The Labute approximate surface area is 53.4 Å². The summed E-state index contributed by atoms with van der Waals surface area (Å²) in [6, 6.07) is 0. The second-order valence-corrected chi connectivity index (χ2v) is 1.38. The Kier molecular flexibility index (Phi) is 4.91. The predicted molar refractivity (Wildman–Crippen MR) is 30.1 cm³/mol. The van der Waals surface area contributed by atoms with E-state index in [9.17, 15) is 4.79 Å². The molecule has 0 unspecified atom stereocenters. The molecule has 0 rings (SSSR count). The van der Waals surface area contributed by atoms with E-state index in [2.05, 4.69) is 9.47 Å². The van der Waals surface area contributed by atoms with Crippen molar-refractivity contribution < 1.29 is 19.4 Å². The third-order valence-electron chi connectivity index (χ3n) is 0.689. The van der Waals surface area contributed by atoms with Crippen molar-refractivity contribution in [1.82, 2.24) is 0 Å². The number of ether oxygens (including phenoxy) is 2. The van der Waals surface area contributed by atoms with Gasteiger partial charge in [0.05, 0.1) is 13.7 Å². The summed E-state index contributed by atoms with van der Waals surface area (Å²) in [6.45, 7) is 0.236. The van der Waals surface area contributed by atoms with Gasteiger partial charge in [0.2, 0.25) is 0 Å². The Bertz CT molecular complexity index is 81.0. The zero-order valence-electron chi connectivity index (χ0n) is 5.29. The molecule has 4 nitrogen and oxygen atoms in total. The first-order valence-corrected chi connectivity index (χ1v) is 2.63. The smallest absolute Gasteiger partial charge is 0.438 e. The van der Waals surface area contributed by atoms with Gasteiger partial charge in [-0.3, -0.25) is 0 Å². The molecule has 0 aliphatic heterocycles. The lowest BCUT2D eigenvalue weighted by Crippen LogP contribution is -2.06. The van der Waals surface area contributed by atoms with E-state index in [1.165, 1.54) is 7.11 Å². The number of rotatable bonds is 3. The van der Waals surface area contributed by atoms with Crippen molar-refractivity contribution in [2.75, 3.05) is 20.3 Å². The molecular formula is C5H10O4. The van der Waals surface area contributed by atoms with E-state index in [0.717, 1.165) is 0 Å². The van der Waals surface area contributed by atoms with Gasteiger partial charge in [0.1, 0.15) is 0 Å². The minimum Gasteiger partial charge on any atom is -0.438 e. The maximum Gasteiger partial charge on any atom is 0.507 e. The highest BCUT2D eigenvalue weighted by molar-refractivity contribution is 5.59. The van der Waals surface area contributed by atoms with E-state index >= 15 is 0 Å². The van der Waals surface area contributed by atoms with E-state index in [4.69, 9.17) is 5.11 Å². The topological polar surface area (TPSA) is 55.8 Å². The fourth-order valence-corrected chi connectivity index (χ4v) is 0.279. The van der Waals surface area contributed by atoms with Crippen molar-refractivity contribution >= 4 is 6.16 Å². The summed E-state index contributed by atoms with van der Waals surface area (Å²) < 4.78 is 8.56. The number of aliphatic hydroxyl groups is 1. The molecule has 0 aliphatic carbocycles. The van der Waals surface area contributed by atoms with Crippen LogP contribution in [0.25, 0.3) is 0 Å². The van der Waals surface area contributed by atoms with Gasteiger partial charge in [-0.25, -0.2) is 4.79 Å². The van der Waals surface area contributed by atoms with Gasteiger partial charge < -0.3 is 14.6 Å². The Hall–Kier alpha value is -0.770. The van der Waals surface area contributed by atoms with Crippen LogP contribution in [0.5, 0.6) is 0 Å². The fraction of sp³-hybridized carbons (Fsp3) is 0.800. The van der Waals surface area contributed by atoms with E-state index in [-0.39, 0.29) is 13.2 Å². The first kappa shape index (κ1) is 8.23. The average molecular weight is 134 g/mol. The molecule has 0 spiro atoms. The first-order valence-electron chi connectivity index (χ1n) is 2.63. The summed E-state index contributed by atoms with van der Waals surface area (Å²) >= 11 is 0. The normalized spacial score (nSPS) is 8.67. The molecule has 0 bridgehead atoms. The van der Waals surface area contributed by atoms with E-state index in [1.807, 2.05) is 0 Å². The minimum absolute atomic E-state index is 0.0248. The standard InChI is InChI=1S/C5H10O4/c1-8-5(7)9-4-2-3-6/h6H,2-4H2,1H3. The average Bonchev–Trinajstić information content (AvgIpc) is 1.89. The maximum atomic E-state index is 10.2. The highest BCUT2D eigenvalue weighted by Gasteiger charge is 1.96. The van der Waals surface area contributed by atoms with Crippen LogP contribution >= 0.6 is 0 Å². The molecule has 0 aromatic rings. The molecule has 9 heavy (non-hydrogen) atoms. The fourth-order valence-electron chi connectivity index (χ4n) is 0.279. The van der Waals surface area contributed by atoms with Crippen molar-refractivity contribution in [3.63, 3.8) is 0 Å². The summed E-state index contributed by atoms with van der Waals surface area (Å²) in [5.41, 5.74) is 0. The molecule has 0 saturated carbocycles. The number of carbonyl (C=O) groups excluding carboxylic acids is 1. The zero-order chi connectivity index (χ0) is 7.11. The Morgan fingerprint density at radius 1 is 1.67 bits per heavy atom. The lowest BCUT2D eigenvalue weighted by Gasteiger charge is -1.99. The largest absolute Gasteiger partial charge is 0.507 e. The van der Waals surface area contributed by atoms with Crippen LogP contribution in [0.1, 0.15) is 6.42 Å². The maximum absolute atomic E-state index is 10.2. The summed E-state index contributed by atoms with van der Waals surface area (Å²) in [4.78, 5) is 10.2. The van der Waals surface area contributed by atoms with Gasteiger partial charge in [-0.05, 0) is 0 Å². The van der Waals surface area contributed by atoms with Crippen molar-refractivity contribution in [1.29, 1.82) is 0 Å². The van der Waals surface area contributed by atoms with Crippen LogP contribution in [0.4, 0.5) is 4.79 Å². The van der Waals surface area contributed by atoms with Crippen LogP contribution in [0, 0.1) is 0 Å². The zero-order valence-corrected chi connectivity index (χ0v) is 5.29. The second kappa shape index (κ2) is 5.37. The van der Waals surface area contributed by atoms with Crippen LogP contribution in [0.3, 0.4) is 0 Å². The number of carbonyl (C=O) groups is 1. The van der Waals surface area contributed by atoms with Gasteiger partial charge in [-0.2, -0.15) is 0 Å². The van der Waals surface area contributed by atoms with Crippen LogP contribution in [-0.4, -0.2) is 31.6 Å². The molecule has 0 heterocycles. The molecule has 0 amide bonds. The number of aliphatic hydroxyl groups excluding tert-OH is 1. The van der Waals surface area contributed by atoms with Crippen molar-refractivity contribution in [3.8, 4) is 0 Å². The van der Waals surface area contributed by atoms with E-state index < -0.39 is 6.16 Å². The molecule has 0 aromatic heterocycles. The molecule has 0 fully saturated rings. The molecule has 54 valence electrons. The summed E-state index contributed by atoms with van der Waals surface area (Å²) in [7, 11) is 1.24. The third kappa shape index (κ3) is 5.10. The molecule has 0 aromatic carbocycles. The van der Waals surface area contributed by atoms with E-state index in [1.54, 1.807) is 0 Å². The van der Waals surface area contributed by atoms with E-state index in [0.29, 0.717) is 6.42 Å². The van der Waals surface area contributed by atoms with Crippen LogP contribution < -0.4 is 0 Å². The first-order chi connectivity index (χ1) is 4.31. The Morgan fingerprint density at radius 2 is 2.33 bits per heavy atom. The van der Waals surface area contributed by atoms with Crippen LogP contribution in [0.2, 0.25) is 0 Å². The van der Waals surface area contributed by atoms with Gasteiger partial charge >= 0.3 is 6.16 Å². The molecule has 0 atom stereocenters. The molecule has 4 heteroatoms. The molecule has 1 N–H and O–H groups in total. The van der Waals surface area contributed by atoms with Crippen molar-refractivity contribution in [3.05, 3.63) is 0 Å². The Balaban J connectivity index is 2.97.